The summed E-state index contributed by atoms with van der Waals surface area (Å²) in [5, 5.41) is 13.9. The molecular formula is C18H20BrN7. The van der Waals surface area contributed by atoms with Gasteiger partial charge in [0.15, 0.2) is 11.6 Å². The van der Waals surface area contributed by atoms with Crippen LogP contribution in [0.1, 0.15) is 24.5 Å². The molecule has 2 aromatic heterocycles. The molecule has 0 saturated heterocycles. The summed E-state index contributed by atoms with van der Waals surface area (Å²) in [6.07, 6.45) is 4.19. The molecule has 1 aliphatic carbocycles. The average molecular weight is 414 g/mol. The number of nitrogens with zero attached hydrogens (tertiary/aromatic N) is 4. The third kappa shape index (κ3) is 3.80. The molecule has 4 rings (SSSR count). The van der Waals surface area contributed by atoms with E-state index in [1.165, 1.54) is 18.5 Å². The molecule has 0 atom stereocenters. The summed E-state index contributed by atoms with van der Waals surface area (Å²) < 4.78 is 0.780. The first kappa shape index (κ1) is 16.8. The largest absolute Gasteiger partial charge is 0.378 e. The van der Waals surface area contributed by atoms with E-state index < -0.39 is 0 Å². The van der Waals surface area contributed by atoms with Crippen LogP contribution in [0, 0.1) is 0 Å². The highest BCUT2D eigenvalue weighted by atomic mass is 79.9. The average Bonchev–Trinajstić information content (AvgIpc) is 3.38. The molecule has 1 fully saturated rings. The molecule has 0 aliphatic heterocycles. The van der Waals surface area contributed by atoms with Gasteiger partial charge in [0, 0.05) is 49.3 Å². The number of rotatable bonds is 6. The maximum absolute atomic E-state index is 4.55. The number of aromatic nitrogens is 4. The van der Waals surface area contributed by atoms with Crippen LogP contribution in [0.25, 0.3) is 0 Å². The summed E-state index contributed by atoms with van der Waals surface area (Å²) in [4.78, 5) is 10.9. The topological polar surface area (TPSA) is 81.8 Å². The van der Waals surface area contributed by atoms with E-state index in [2.05, 4.69) is 51.6 Å². The Labute approximate surface area is 160 Å². The molecule has 0 bridgehead atoms. The van der Waals surface area contributed by atoms with Crippen LogP contribution in [0.5, 0.6) is 0 Å². The van der Waals surface area contributed by atoms with Crippen molar-refractivity contribution < 1.29 is 0 Å². The molecule has 2 heterocycles. The lowest BCUT2D eigenvalue weighted by Crippen LogP contribution is -2.08. The molecule has 134 valence electrons. The van der Waals surface area contributed by atoms with Crippen LogP contribution in [0.3, 0.4) is 0 Å². The van der Waals surface area contributed by atoms with Crippen molar-refractivity contribution in [3.8, 4) is 0 Å². The van der Waals surface area contributed by atoms with Crippen molar-refractivity contribution in [2.24, 2.45) is 0 Å². The van der Waals surface area contributed by atoms with Gasteiger partial charge in [0.05, 0.1) is 4.47 Å². The predicted octanol–water partition coefficient (Wildman–Crippen LogP) is 4.39. The standard InChI is InChI=1S/C18H20BrN7/c1-26(2)13-7-5-12(6-8-13)21-18-20-10-14(19)17(23-18)22-16-9-15(24-25-16)11-3-4-11/h5-11H,3-4H2,1-2H3,(H3,20,21,22,23,24,25). The van der Waals surface area contributed by atoms with Gasteiger partial charge in [-0.15, -0.1) is 0 Å². The van der Waals surface area contributed by atoms with Crippen LogP contribution < -0.4 is 15.5 Å². The lowest BCUT2D eigenvalue weighted by molar-refractivity contribution is 0.966. The van der Waals surface area contributed by atoms with Crippen LogP contribution in [0.4, 0.5) is 29.0 Å². The molecule has 0 amide bonds. The fraction of sp³-hybridized carbons (Fsp3) is 0.278. The van der Waals surface area contributed by atoms with Crippen LogP contribution in [0.2, 0.25) is 0 Å². The minimum Gasteiger partial charge on any atom is -0.378 e. The van der Waals surface area contributed by atoms with Crippen molar-refractivity contribution in [3.05, 3.63) is 46.7 Å². The van der Waals surface area contributed by atoms with Gasteiger partial charge in [-0.3, -0.25) is 5.10 Å². The first-order valence-corrected chi connectivity index (χ1v) is 9.27. The van der Waals surface area contributed by atoms with E-state index in [1.807, 2.05) is 44.4 Å². The van der Waals surface area contributed by atoms with Gasteiger partial charge in [0.2, 0.25) is 5.95 Å². The van der Waals surface area contributed by atoms with Gasteiger partial charge >= 0.3 is 0 Å². The molecule has 7 nitrogen and oxygen atoms in total. The molecule has 1 saturated carbocycles. The highest BCUT2D eigenvalue weighted by Gasteiger charge is 2.25. The first-order valence-electron chi connectivity index (χ1n) is 8.48. The number of nitrogens with one attached hydrogen (secondary N) is 3. The lowest BCUT2D eigenvalue weighted by atomic mass is 10.2. The predicted molar refractivity (Wildman–Crippen MR) is 108 cm³/mol. The highest BCUT2D eigenvalue weighted by molar-refractivity contribution is 9.10. The number of hydrogen-bond acceptors (Lipinski definition) is 6. The minimum atomic E-state index is 0.520. The molecule has 0 radical (unpaired) electrons. The Morgan fingerprint density at radius 3 is 2.62 bits per heavy atom. The summed E-state index contributed by atoms with van der Waals surface area (Å²) in [5.41, 5.74) is 3.25. The minimum absolute atomic E-state index is 0.520. The lowest BCUT2D eigenvalue weighted by Gasteiger charge is -2.13. The van der Waals surface area contributed by atoms with Crippen LogP contribution in [0.15, 0.2) is 41.0 Å². The fourth-order valence-corrected chi connectivity index (χ4v) is 2.90. The van der Waals surface area contributed by atoms with Gasteiger partial charge in [-0.25, -0.2) is 4.98 Å². The Balaban J connectivity index is 1.49. The number of H-pyrrole nitrogens is 1. The normalized spacial score (nSPS) is 13.5. The molecule has 3 aromatic rings. The van der Waals surface area contributed by atoms with Crippen molar-refractivity contribution in [2.45, 2.75) is 18.8 Å². The van der Waals surface area contributed by atoms with Gasteiger partial charge in [0.25, 0.3) is 0 Å². The third-order valence-electron chi connectivity index (χ3n) is 4.25. The molecule has 1 aromatic carbocycles. The summed E-state index contributed by atoms with van der Waals surface area (Å²) in [6.45, 7) is 0. The van der Waals surface area contributed by atoms with E-state index in [0.29, 0.717) is 17.7 Å². The Morgan fingerprint density at radius 1 is 1.15 bits per heavy atom. The van der Waals surface area contributed by atoms with Crippen LogP contribution >= 0.6 is 15.9 Å². The van der Waals surface area contributed by atoms with Crippen molar-refractivity contribution in [2.75, 3.05) is 29.6 Å². The van der Waals surface area contributed by atoms with E-state index in [-0.39, 0.29) is 0 Å². The van der Waals surface area contributed by atoms with E-state index in [9.17, 15) is 0 Å². The second-order valence-corrected chi connectivity index (χ2v) is 7.42. The maximum Gasteiger partial charge on any atom is 0.229 e. The van der Waals surface area contributed by atoms with E-state index in [0.717, 1.165) is 21.7 Å². The van der Waals surface area contributed by atoms with Gasteiger partial charge in [-0.05, 0) is 53.0 Å². The maximum atomic E-state index is 4.55. The fourth-order valence-electron chi connectivity index (χ4n) is 2.61. The van der Waals surface area contributed by atoms with Crippen molar-refractivity contribution in [3.63, 3.8) is 0 Å². The number of halogens is 1. The number of anilines is 5. The summed E-state index contributed by atoms with van der Waals surface area (Å²) >= 11 is 3.49. The molecule has 3 N–H and O–H groups in total. The summed E-state index contributed by atoms with van der Waals surface area (Å²) in [7, 11) is 4.03. The zero-order valence-corrected chi connectivity index (χ0v) is 16.2. The Kier molecular flexibility index (Phi) is 4.50. The zero-order valence-electron chi connectivity index (χ0n) is 14.6. The van der Waals surface area contributed by atoms with Gasteiger partial charge in [0.1, 0.15) is 0 Å². The van der Waals surface area contributed by atoms with E-state index >= 15 is 0 Å². The third-order valence-corrected chi connectivity index (χ3v) is 4.83. The molecule has 0 spiro atoms. The van der Waals surface area contributed by atoms with Crippen LogP contribution in [-0.4, -0.2) is 34.3 Å². The second kappa shape index (κ2) is 6.95. The molecule has 1 aliphatic rings. The molecular weight excluding hydrogens is 394 g/mol. The monoisotopic (exact) mass is 413 g/mol. The number of aromatic amines is 1. The van der Waals surface area contributed by atoms with Gasteiger partial charge in [-0.2, -0.15) is 10.1 Å². The Morgan fingerprint density at radius 2 is 1.92 bits per heavy atom. The van der Waals surface area contributed by atoms with Gasteiger partial charge in [-0.1, -0.05) is 0 Å². The quantitative estimate of drug-likeness (QED) is 0.555. The molecule has 8 heteroatoms. The first-order chi connectivity index (χ1) is 12.6. The second-order valence-electron chi connectivity index (χ2n) is 6.56. The van der Waals surface area contributed by atoms with Crippen molar-refractivity contribution in [1.29, 1.82) is 0 Å². The molecule has 26 heavy (non-hydrogen) atoms. The van der Waals surface area contributed by atoms with E-state index in [4.69, 9.17) is 0 Å². The smallest absolute Gasteiger partial charge is 0.229 e. The van der Waals surface area contributed by atoms with E-state index in [1.54, 1.807) is 6.20 Å². The SMILES string of the molecule is CN(C)c1ccc(Nc2ncc(Br)c(Nc3cc(C4CC4)[nH]n3)n2)cc1. The number of hydrogen-bond donors (Lipinski definition) is 3. The summed E-state index contributed by atoms with van der Waals surface area (Å²) in [5.74, 6) is 2.58. The highest BCUT2D eigenvalue weighted by Crippen LogP contribution is 2.39. The Hall–Kier alpha value is -2.61. The molecule has 0 unspecified atom stereocenters. The Bertz CT molecular complexity index is 900. The zero-order chi connectivity index (χ0) is 18.1. The van der Waals surface area contributed by atoms with Gasteiger partial charge < -0.3 is 15.5 Å². The van der Waals surface area contributed by atoms with Crippen molar-refractivity contribution in [1.82, 2.24) is 20.2 Å². The number of benzene rings is 1. The van der Waals surface area contributed by atoms with Crippen LogP contribution in [-0.2, 0) is 0 Å². The summed E-state index contributed by atoms with van der Waals surface area (Å²) in [6, 6.07) is 10.1. The van der Waals surface area contributed by atoms with Crippen molar-refractivity contribution >= 4 is 44.9 Å².